The van der Waals surface area contributed by atoms with E-state index in [9.17, 15) is 22.8 Å². The van der Waals surface area contributed by atoms with Crippen LogP contribution in [0.25, 0.3) is 22.0 Å². The van der Waals surface area contributed by atoms with Gasteiger partial charge in [0.25, 0.3) is 5.91 Å². The van der Waals surface area contributed by atoms with Crippen LogP contribution in [-0.2, 0) is 17.5 Å². The van der Waals surface area contributed by atoms with Gasteiger partial charge in [-0.2, -0.15) is 13.2 Å². The predicted molar refractivity (Wildman–Crippen MR) is 127 cm³/mol. The summed E-state index contributed by atoms with van der Waals surface area (Å²) < 4.78 is 44.3. The van der Waals surface area contributed by atoms with Crippen LogP contribution in [0.2, 0.25) is 0 Å². The van der Waals surface area contributed by atoms with E-state index in [-0.39, 0.29) is 18.0 Å². The third-order valence-electron chi connectivity index (χ3n) is 5.37. The molecule has 7 nitrogen and oxygen atoms in total. The number of methoxy groups -OCH3 is 1. The Labute approximate surface area is 198 Å². The predicted octanol–water partition coefficient (Wildman–Crippen LogP) is 5.74. The van der Waals surface area contributed by atoms with Crippen LogP contribution in [0, 0.1) is 0 Å². The molecule has 1 aromatic heterocycles. The van der Waals surface area contributed by atoms with Crippen LogP contribution in [0.1, 0.15) is 21.6 Å². The van der Waals surface area contributed by atoms with E-state index in [0.717, 1.165) is 23.0 Å². The number of alkyl halides is 3. The lowest BCUT2D eigenvalue weighted by Gasteiger charge is -2.15. The van der Waals surface area contributed by atoms with Crippen molar-refractivity contribution < 1.29 is 27.5 Å². The zero-order valence-corrected chi connectivity index (χ0v) is 18.5. The topological polar surface area (TPSA) is 109 Å². The highest BCUT2D eigenvalue weighted by molar-refractivity contribution is 6.09. The second kappa shape index (κ2) is 9.51. The van der Waals surface area contributed by atoms with Crippen molar-refractivity contribution >= 4 is 34.2 Å². The number of nitrogens with two attached hydrogens (primary N) is 1. The fourth-order valence-electron chi connectivity index (χ4n) is 3.78. The van der Waals surface area contributed by atoms with Crippen molar-refractivity contribution in [2.24, 2.45) is 5.73 Å². The SMILES string of the molecule is COCc1ccc(C(F)(F)F)cc1NC(=O)Nc1ccc(-c2c(C(N)=O)[nH]c3ccccc23)cc1. The number of carbonyl (C=O) groups is 2. The second-order valence-corrected chi connectivity index (χ2v) is 7.74. The van der Waals surface area contributed by atoms with E-state index < -0.39 is 23.7 Å². The quantitative estimate of drug-likeness (QED) is 0.281. The molecule has 0 saturated carbocycles. The third-order valence-corrected chi connectivity index (χ3v) is 5.37. The molecule has 1 heterocycles. The summed E-state index contributed by atoms with van der Waals surface area (Å²) in [6, 6.07) is 16.3. The maximum atomic E-state index is 13.1. The molecular weight excluding hydrogens is 461 g/mol. The Hall–Kier alpha value is -4.31. The number of aromatic amines is 1. The summed E-state index contributed by atoms with van der Waals surface area (Å²) in [7, 11) is 1.40. The molecule has 0 aliphatic rings. The summed E-state index contributed by atoms with van der Waals surface area (Å²) >= 11 is 0. The lowest BCUT2D eigenvalue weighted by atomic mass is 10.0. The molecule has 0 atom stereocenters. The van der Waals surface area contributed by atoms with Gasteiger partial charge in [-0.3, -0.25) is 4.79 Å². The molecule has 0 fully saturated rings. The fraction of sp³-hybridized carbons (Fsp3) is 0.120. The van der Waals surface area contributed by atoms with Gasteiger partial charge in [-0.1, -0.05) is 36.4 Å². The lowest BCUT2D eigenvalue weighted by molar-refractivity contribution is -0.137. The first-order valence-electron chi connectivity index (χ1n) is 10.5. The number of ether oxygens (including phenoxy) is 1. The number of hydrogen-bond donors (Lipinski definition) is 4. The van der Waals surface area contributed by atoms with Gasteiger partial charge >= 0.3 is 12.2 Å². The van der Waals surface area contributed by atoms with Crippen LogP contribution in [0.4, 0.5) is 29.3 Å². The largest absolute Gasteiger partial charge is 0.416 e. The number of nitrogens with one attached hydrogen (secondary N) is 3. The van der Waals surface area contributed by atoms with Gasteiger partial charge in [0, 0.05) is 40.5 Å². The van der Waals surface area contributed by atoms with E-state index in [4.69, 9.17) is 10.5 Å². The molecule has 0 aliphatic heterocycles. The standard InChI is InChI=1S/C25H21F3N4O3/c1-35-13-15-6-9-16(25(26,27)28)12-20(15)32-24(34)30-17-10-7-14(8-11-17)21-18-4-2-3-5-19(18)31-22(21)23(29)33/h2-12,31H,13H2,1H3,(H2,29,33)(H2,30,32,34). The van der Waals surface area contributed by atoms with Gasteiger partial charge in [0.1, 0.15) is 5.69 Å². The minimum Gasteiger partial charge on any atom is -0.380 e. The molecule has 180 valence electrons. The van der Waals surface area contributed by atoms with Crippen molar-refractivity contribution in [3.63, 3.8) is 0 Å². The number of halogens is 3. The zero-order valence-electron chi connectivity index (χ0n) is 18.5. The summed E-state index contributed by atoms with van der Waals surface area (Å²) in [5.74, 6) is -0.606. The summed E-state index contributed by atoms with van der Waals surface area (Å²) in [4.78, 5) is 27.5. The summed E-state index contributed by atoms with van der Waals surface area (Å²) in [6.07, 6.45) is -4.56. The normalized spacial score (nSPS) is 11.4. The van der Waals surface area contributed by atoms with Crippen LogP contribution in [0.5, 0.6) is 0 Å². The van der Waals surface area contributed by atoms with Crippen LogP contribution < -0.4 is 16.4 Å². The first-order chi connectivity index (χ1) is 16.7. The summed E-state index contributed by atoms with van der Waals surface area (Å²) in [5.41, 5.74) is 7.78. The number of anilines is 2. The Kier molecular flexibility index (Phi) is 6.48. The molecular formula is C25H21F3N4O3. The third kappa shape index (κ3) is 5.12. The van der Waals surface area contributed by atoms with Gasteiger partial charge < -0.3 is 26.1 Å². The van der Waals surface area contributed by atoms with E-state index in [0.29, 0.717) is 22.4 Å². The maximum absolute atomic E-state index is 13.1. The van der Waals surface area contributed by atoms with Crippen molar-refractivity contribution in [1.82, 2.24) is 4.98 Å². The molecule has 0 radical (unpaired) electrons. The molecule has 0 bridgehead atoms. The molecule has 0 saturated heterocycles. The van der Waals surface area contributed by atoms with Gasteiger partial charge in [0.2, 0.25) is 0 Å². The molecule has 3 amide bonds. The van der Waals surface area contributed by atoms with Crippen molar-refractivity contribution in [3.8, 4) is 11.1 Å². The number of benzene rings is 3. The van der Waals surface area contributed by atoms with E-state index in [2.05, 4.69) is 15.6 Å². The molecule has 0 aliphatic carbocycles. The van der Waals surface area contributed by atoms with E-state index in [1.807, 2.05) is 24.3 Å². The zero-order chi connectivity index (χ0) is 25.2. The van der Waals surface area contributed by atoms with Crippen molar-refractivity contribution in [2.45, 2.75) is 12.8 Å². The van der Waals surface area contributed by atoms with Crippen LogP contribution in [-0.4, -0.2) is 24.0 Å². The van der Waals surface area contributed by atoms with Crippen molar-refractivity contribution in [1.29, 1.82) is 0 Å². The number of hydrogen-bond acceptors (Lipinski definition) is 3. The smallest absolute Gasteiger partial charge is 0.380 e. The van der Waals surface area contributed by atoms with Gasteiger partial charge in [-0.05, 0) is 35.9 Å². The Bertz CT molecular complexity index is 1400. The first kappa shape index (κ1) is 23.8. The summed E-state index contributed by atoms with van der Waals surface area (Å²) in [6.45, 7) is 0.0231. The highest BCUT2D eigenvalue weighted by Crippen LogP contribution is 2.34. The number of rotatable bonds is 6. The minimum atomic E-state index is -4.56. The number of amides is 3. The number of fused-ring (bicyclic) bond motifs is 1. The number of carbonyl (C=O) groups excluding carboxylic acids is 2. The van der Waals surface area contributed by atoms with Crippen LogP contribution in [0.3, 0.4) is 0 Å². The number of para-hydroxylation sites is 1. The number of urea groups is 1. The second-order valence-electron chi connectivity index (χ2n) is 7.74. The Balaban J connectivity index is 1.56. The summed E-state index contributed by atoms with van der Waals surface area (Å²) in [5, 5.41) is 5.86. The van der Waals surface area contributed by atoms with E-state index in [1.165, 1.54) is 13.2 Å². The molecule has 10 heteroatoms. The highest BCUT2D eigenvalue weighted by atomic mass is 19.4. The molecule has 4 rings (SSSR count). The Morgan fingerprint density at radius 3 is 2.37 bits per heavy atom. The average Bonchev–Trinajstić information content (AvgIpc) is 3.20. The van der Waals surface area contributed by atoms with Gasteiger partial charge in [-0.15, -0.1) is 0 Å². The van der Waals surface area contributed by atoms with Crippen molar-refractivity contribution in [2.75, 3.05) is 17.7 Å². The minimum absolute atomic E-state index is 0.0133. The van der Waals surface area contributed by atoms with E-state index >= 15 is 0 Å². The molecule has 35 heavy (non-hydrogen) atoms. The molecule has 3 aromatic carbocycles. The van der Waals surface area contributed by atoms with Crippen LogP contribution >= 0.6 is 0 Å². The molecule has 0 unspecified atom stereocenters. The maximum Gasteiger partial charge on any atom is 0.416 e. The van der Waals surface area contributed by atoms with Crippen molar-refractivity contribution in [3.05, 3.63) is 83.6 Å². The van der Waals surface area contributed by atoms with Gasteiger partial charge in [0.15, 0.2) is 0 Å². The molecule has 0 spiro atoms. The van der Waals surface area contributed by atoms with Gasteiger partial charge in [-0.25, -0.2) is 4.79 Å². The number of primary amides is 1. The molecule has 4 aromatic rings. The first-order valence-corrected chi connectivity index (χ1v) is 10.5. The lowest BCUT2D eigenvalue weighted by Crippen LogP contribution is -2.21. The average molecular weight is 482 g/mol. The van der Waals surface area contributed by atoms with Crippen LogP contribution in [0.15, 0.2) is 66.7 Å². The molecule has 5 N–H and O–H groups in total. The Morgan fingerprint density at radius 1 is 1.00 bits per heavy atom. The van der Waals surface area contributed by atoms with Gasteiger partial charge in [0.05, 0.1) is 12.2 Å². The number of aromatic nitrogens is 1. The highest BCUT2D eigenvalue weighted by Gasteiger charge is 2.31. The fourth-order valence-corrected chi connectivity index (χ4v) is 3.78. The van der Waals surface area contributed by atoms with E-state index in [1.54, 1.807) is 24.3 Å². The number of H-pyrrole nitrogens is 1. The Morgan fingerprint density at radius 2 is 1.71 bits per heavy atom. The monoisotopic (exact) mass is 482 g/mol.